The van der Waals surface area contributed by atoms with Crippen molar-refractivity contribution < 1.29 is 0 Å². The van der Waals surface area contributed by atoms with Crippen molar-refractivity contribution in [3.05, 3.63) is 23.4 Å². The van der Waals surface area contributed by atoms with Crippen LogP contribution in [0.4, 0.5) is 0 Å². The molecule has 1 aromatic heterocycles. The average molecular weight is 218 g/mol. The molecule has 0 aliphatic carbocycles. The van der Waals surface area contributed by atoms with E-state index in [2.05, 4.69) is 16.4 Å². The van der Waals surface area contributed by atoms with E-state index < -0.39 is 14.7 Å². The van der Waals surface area contributed by atoms with Gasteiger partial charge in [-0.1, -0.05) is 0 Å². The van der Waals surface area contributed by atoms with Gasteiger partial charge in [0.05, 0.1) is 0 Å². The van der Waals surface area contributed by atoms with Gasteiger partial charge in [-0.25, -0.2) is 0 Å². The number of pyridine rings is 1. The summed E-state index contributed by atoms with van der Waals surface area (Å²) in [4.78, 5) is 4.20. The molecule has 0 radical (unpaired) electrons. The van der Waals surface area contributed by atoms with Gasteiger partial charge in [0.2, 0.25) is 0 Å². The zero-order valence-electron chi connectivity index (χ0n) is 6.00. The van der Waals surface area contributed by atoms with Gasteiger partial charge in [0, 0.05) is 0 Å². The molecule has 3 heteroatoms. The van der Waals surface area contributed by atoms with Gasteiger partial charge in [-0.05, 0) is 0 Å². The van der Waals surface area contributed by atoms with Crippen LogP contribution in [0.3, 0.4) is 0 Å². The second-order valence-corrected chi connectivity index (χ2v) is 7.31. The van der Waals surface area contributed by atoms with Crippen molar-refractivity contribution in [2.45, 2.75) is 11.4 Å². The Labute approximate surface area is 70.7 Å². The Hall–Kier alpha value is -0.00156. The van der Waals surface area contributed by atoms with Crippen LogP contribution in [0.1, 0.15) is 0 Å². The van der Waals surface area contributed by atoms with Crippen molar-refractivity contribution >= 4 is 30.7 Å². The van der Waals surface area contributed by atoms with Crippen LogP contribution in [0, 0.1) is 0 Å². The molecule has 0 N–H and O–H groups in total. The molecule has 1 aromatic rings. The molecular weight excluding hydrogens is 208 g/mol. The predicted octanol–water partition coefficient (Wildman–Crippen LogP) is 1.70. The minimum atomic E-state index is -0.813. The molecule has 0 amide bonds. The second-order valence-electron chi connectivity index (χ2n) is 2.21. The Kier molecular flexibility index (Phi) is 2.76. The third-order valence-corrected chi connectivity index (χ3v) is 3.81. The molecule has 0 bridgehead atoms. The molecule has 0 aromatic carbocycles. The van der Waals surface area contributed by atoms with Gasteiger partial charge in [0.25, 0.3) is 0 Å². The third-order valence-electron chi connectivity index (χ3n) is 1.16. The summed E-state index contributed by atoms with van der Waals surface area (Å²) >= 11 is 4.89. The first kappa shape index (κ1) is 8.10. The summed E-state index contributed by atoms with van der Waals surface area (Å²) in [6.45, 7) is 0. The Bertz CT molecular complexity index is 225. The van der Waals surface area contributed by atoms with Gasteiger partial charge in [-0.2, -0.15) is 0 Å². The zero-order chi connectivity index (χ0) is 7.56. The van der Waals surface area contributed by atoms with Crippen LogP contribution in [0.25, 0.3) is 0 Å². The normalized spacial score (nSPS) is 10.4. The monoisotopic (exact) mass is 217 g/mol. The molecular formula is C7H9AsClN. The van der Waals surface area contributed by atoms with E-state index in [-0.39, 0.29) is 0 Å². The molecule has 0 aliphatic heterocycles. The quantitative estimate of drug-likeness (QED) is 0.515. The van der Waals surface area contributed by atoms with Crippen molar-refractivity contribution in [2.75, 3.05) is 0 Å². The predicted molar refractivity (Wildman–Crippen MR) is 46.4 cm³/mol. The average Bonchev–Trinajstić information content (AvgIpc) is 1.88. The van der Waals surface area contributed by atoms with Crippen molar-refractivity contribution in [2.24, 2.45) is 0 Å². The minimum absolute atomic E-state index is 0.612. The topological polar surface area (TPSA) is 12.9 Å². The molecule has 10 heavy (non-hydrogen) atoms. The first-order valence-corrected chi connectivity index (χ1v) is 8.07. The fourth-order valence-electron chi connectivity index (χ4n) is 0.647. The van der Waals surface area contributed by atoms with E-state index in [9.17, 15) is 0 Å². The Morgan fingerprint density at radius 2 is 2.10 bits per heavy atom. The van der Waals surface area contributed by atoms with Crippen LogP contribution >= 0.6 is 11.6 Å². The van der Waals surface area contributed by atoms with Gasteiger partial charge in [-0.15, -0.1) is 0 Å². The Morgan fingerprint density at radius 1 is 1.40 bits per heavy atom. The van der Waals surface area contributed by atoms with Crippen LogP contribution in [-0.4, -0.2) is 19.6 Å². The summed E-state index contributed by atoms with van der Waals surface area (Å²) in [6.07, 6.45) is 0. The molecule has 1 heterocycles. The van der Waals surface area contributed by atoms with Crippen molar-refractivity contribution in [3.8, 4) is 0 Å². The van der Waals surface area contributed by atoms with Gasteiger partial charge in [-0.3, -0.25) is 0 Å². The number of aromatic nitrogens is 1. The molecule has 0 unspecified atom stereocenters. The summed E-state index contributed by atoms with van der Waals surface area (Å²) in [5, 5.41) is 0.612. The van der Waals surface area contributed by atoms with Crippen LogP contribution in [0.5, 0.6) is 0 Å². The molecule has 0 aliphatic rings. The summed E-state index contributed by atoms with van der Waals surface area (Å²) in [7, 11) is 0. The molecule has 0 atom stereocenters. The number of hydrogen-bond donors (Lipinski definition) is 0. The molecule has 0 saturated heterocycles. The van der Waals surface area contributed by atoms with E-state index in [0.717, 1.165) is 0 Å². The summed E-state index contributed by atoms with van der Waals surface area (Å²) in [5.74, 6) is 0. The molecule has 1 rings (SSSR count). The zero-order valence-corrected chi connectivity index (χ0v) is 8.64. The van der Waals surface area contributed by atoms with E-state index >= 15 is 0 Å². The van der Waals surface area contributed by atoms with Crippen LogP contribution in [0.2, 0.25) is 16.6 Å². The van der Waals surface area contributed by atoms with Gasteiger partial charge >= 0.3 is 70.5 Å². The summed E-state index contributed by atoms with van der Waals surface area (Å²) in [6, 6.07) is 5.81. The van der Waals surface area contributed by atoms with Gasteiger partial charge < -0.3 is 0 Å². The fraction of sp³-hybridized carbons (Fsp3) is 0.286. The van der Waals surface area contributed by atoms with Crippen LogP contribution in [0.15, 0.2) is 18.2 Å². The van der Waals surface area contributed by atoms with Gasteiger partial charge in [0.1, 0.15) is 0 Å². The molecule has 0 saturated carbocycles. The van der Waals surface area contributed by atoms with E-state index in [1.54, 1.807) is 0 Å². The van der Waals surface area contributed by atoms with Gasteiger partial charge in [0.15, 0.2) is 0 Å². The first-order chi connectivity index (χ1) is 4.70. The summed E-state index contributed by atoms with van der Waals surface area (Å²) < 4.78 is 1.19. The fourth-order valence-corrected chi connectivity index (χ4v) is 2.39. The standard InChI is InChI=1S/C7H9AsClN/c1-8(2)6-4-3-5-7(9)10-6/h3-5H,1-2H3. The van der Waals surface area contributed by atoms with Crippen molar-refractivity contribution in [1.82, 2.24) is 4.98 Å². The number of nitrogens with zero attached hydrogens (tertiary/aromatic N) is 1. The molecule has 0 fully saturated rings. The number of rotatable bonds is 1. The number of halogens is 1. The first-order valence-electron chi connectivity index (χ1n) is 3.00. The van der Waals surface area contributed by atoms with Crippen molar-refractivity contribution in [3.63, 3.8) is 0 Å². The maximum absolute atomic E-state index is 5.70. The molecule has 1 nitrogen and oxygen atoms in total. The van der Waals surface area contributed by atoms with E-state index in [0.29, 0.717) is 5.15 Å². The van der Waals surface area contributed by atoms with Crippen molar-refractivity contribution in [1.29, 1.82) is 0 Å². The van der Waals surface area contributed by atoms with E-state index in [4.69, 9.17) is 11.6 Å². The second kappa shape index (κ2) is 3.41. The maximum atomic E-state index is 5.70. The summed E-state index contributed by atoms with van der Waals surface area (Å²) in [5.41, 5.74) is 4.48. The third kappa shape index (κ3) is 2.00. The van der Waals surface area contributed by atoms with Crippen LogP contribution in [-0.2, 0) is 0 Å². The molecule has 0 spiro atoms. The SMILES string of the molecule is C[As](C)c1cccc(Cl)n1. The van der Waals surface area contributed by atoms with E-state index in [1.165, 1.54) is 4.48 Å². The Balaban J connectivity index is 2.96. The molecule has 54 valence electrons. The Morgan fingerprint density at radius 3 is 2.50 bits per heavy atom. The van der Waals surface area contributed by atoms with E-state index in [1.807, 2.05) is 18.2 Å². The van der Waals surface area contributed by atoms with Crippen LogP contribution < -0.4 is 4.48 Å². The number of hydrogen-bond acceptors (Lipinski definition) is 1.